The molecule has 0 saturated heterocycles. The molecule has 19 heavy (non-hydrogen) atoms. The van der Waals surface area contributed by atoms with Crippen molar-refractivity contribution in [1.82, 2.24) is 4.72 Å². The lowest BCUT2D eigenvalue weighted by Gasteiger charge is -2.16. The van der Waals surface area contributed by atoms with Gasteiger partial charge in [0.15, 0.2) is 0 Å². The van der Waals surface area contributed by atoms with Crippen molar-refractivity contribution in [3.8, 4) is 6.07 Å². The molecule has 0 aliphatic heterocycles. The van der Waals surface area contributed by atoms with E-state index in [1.54, 1.807) is 0 Å². The van der Waals surface area contributed by atoms with Gasteiger partial charge in [0.2, 0.25) is 10.0 Å². The van der Waals surface area contributed by atoms with Gasteiger partial charge in [0, 0.05) is 6.04 Å². The molecule has 1 fully saturated rings. The first-order valence-electron chi connectivity index (χ1n) is 5.81. The third kappa shape index (κ3) is 3.21. The third-order valence-corrected chi connectivity index (χ3v) is 5.42. The van der Waals surface area contributed by atoms with Crippen LogP contribution in [0.4, 0.5) is 0 Å². The summed E-state index contributed by atoms with van der Waals surface area (Å²) in [4.78, 5) is 0.0606. The summed E-state index contributed by atoms with van der Waals surface area (Å²) in [5.74, 6) is -0.266. The number of nitriles is 1. The summed E-state index contributed by atoms with van der Waals surface area (Å²) in [6.07, 6.45) is 2.26. The number of nitrogens with zero attached hydrogens (tertiary/aromatic N) is 1. The SMILES string of the molecule is N#CC1CCCC1NS(=O)(=O)c1ccc(Cl)c(Cl)c1. The summed E-state index contributed by atoms with van der Waals surface area (Å²) in [5.41, 5.74) is 0. The molecule has 0 spiro atoms. The Morgan fingerprint density at radius 1 is 1.26 bits per heavy atom. The first-order chi connectivity index (χ1) is 8.94. The van der Waals surface area contributed by atoms with E-state index in [2.05, 4.69) is 10.8 Å². The quantitative estimate of drug-likeness (QED) is 0.931. The highest BCUT2D eigenvalue weighted by Gasteiger charge is 2.31. The molecule has 1 saturated carbocycles. The van der Waals surface area contributed by atoms with Gasteiger partial charge in [-0.1, -0.05) is 29.6 Å². The average Bonchev–Trinajstić information content (AvgIpc) is 2.79. The molecule has 0 radical (unpaired) electrons. The van der Waals surface area contributed by atoms with Crippen LogP contribution in [0.5, 0.6) is 0 Å². The molecular weight excluding hydrogens is 307 g/mol. The Kier molecular flexibility index (Phi) is 4.36. The first-order valence-corrected chi connectivity index (χ1v) is 8.05. The second-order valence-electron chi connectivity index (χ2n) is 4.47. The zero-order valence-corrected chi connectivity index (χ0v) is 12.3. The number of benzene rings is 1. The summed E-state index contributed by atoms with van der Waals surface area (Å²) >= 11 is 11.6. The van der Waals surface area contributed by atoms with Crippen LogP contribution < -0.4 is 4.72 Å². The van der Waals surface area contributed by atoms with Crippen molar-refractivity contribution in [2.75, 3.05) is 0 Å². The van der Waals surface area contributed by atoms with Crippen LogP contribution in [-0.4, -0.2) is 14.5 Å². The van der Waals surface area contributed by atoms with Crippen molar-refractivity contribution in [2.45, 2.75) is 30.2 Å². The van der Waals surface area contributed by atoms with Crippen molar-refractivity contribution >= 4 is 33.2 Å². The van der Waals surface area contributed by atoms with Crippen molar-refractivity contribution in [3.63, 3.8) is 0 Å². The van der Waals surface area contributed by atoms with E-state index in [0.717, 1.165) is 12.8 Å². The Balaban J connectivity index is 2.23. The molecular formula is C12H12Cl2N2O2S. The summed E-state index contributed by atoms with van der Waals surface area (Å²) in [6, 6.07) is 5.95. The Bertz CT molecular complexity index is 625. The van der Waals surface area contributed by atoms with Crippen LogP contribution in [0.3, 0.4) is 0 Å². The normalized spacial score (nSPS) is 23.2. The molecule has 0 amide bonds. The van der Waals surface area contributed by atoms with Gasteiger partial charge in [-0.2, -0.15) is 5.26 Å². The van der Waals surface area contributed by atoms with Crippen LogP contribution in [0.15, 0.2) is 23.1 Å². The molecule has 1 N–H and O–H groups in total. The van der Waals surface area contributed by atoms with Gasteiger partial charge in [0.05, 0.1) is 26.9 Å². The maximum Gasteiger partial charge on any atom is 0.240 e. The second kappa shape index (κ2) is 5.68. The molecule has 1 aliphatic carbocycles. The smallest absolute Gasteiger partial charge is 0.207 e. The van der Waals surface area contributed by atoms with E-state index in [-0.39, 0.29) is 21.9 Å². The van der Waals surface area contributed by atoms with E-state index in [0.29, 0.717) is 11.4 Å². The van der Waals surface area contributed by atoms with E-state index in [1.165, 1.54) is 18.2 Å². The minimum atomic E-state index is -3.67. The number of halogens is 2. The van der Waals surface area contributed by atoms with Gasteiger partial charge < -0.3 is 0 Å². The predicted molar refractivity (Wildman–Crippen MR) is 73.5 cm³/mol. The van der Waals surface area contributed by atoms with Crippen LogP contribution >= 0.6 is 23.2 Å². The van der Waals surface area contributed by atoms with E-state index in [9.17, 15) is 8.42 Å². The van der Waals surface area contributed by atoms with Crippen LogP contribution in [0.25, 0.3) is 0 Å². The van der Waals surface area contributed by atoms with Gasteiger partial charge >= 0.3 is 0 Å². The van der Waals surface area contributed by atoms with Gasteiger partial charge in [-0.3, -0.25) is 0 Å². The van der Waals surface area contributed by atoms with Crippen molar-refractivity contribution < 1.29 is 8.42 Å². The van der Waals surface area contributed by atoms with E-state index in [4.69, 9.17) is 28.5 Å². The first kappa shape index (κ1) is 14.6. The number of hydrogen-bond donors (Lipinski definition) is 1. The fourth-order valence-corrected chi connectivity index (χ4v) is 3.87. The van der Waals surface area contributed by atoms with Crippen LogP contribution in [-0.2, 0) is 10.0 Å². The molecule has 0 aromatic heterocycles. The summed E-state index contributed by atoms with van der Waals surface area (Å²) < 4.78 is 26.9. The maximum atomic E-state index is 12.2. The monoisotopic (exact) mass is 318 g/mol. The Morgan fingerprint density at radius 3 is 2.63 bits per heavy atom. The van der Waals surface area contributed by atoms with Crippen LogP contribution in [0.2, 0.25) is 10.0 Å². The minimum Gasteiger partial charge on any atom is -0.207 e. The van der Waals surface area contributed by atoms with Crippen molar-refractivity contribution in [2.24, 2.45) is 5.92 Å². The number of nitrogens with one attached hydrogen (secondary N) is 1. The van der Waals surface area contributed by atoms with Gasteiger partial charge in [-0.15, -0.1) is 0 Å². The summed E-state index contributed by atoms with van der Waals surface area (Å²) in [5, 5.41) is 9.45. The Labute approximate surface area is 122 Å². The Morgan fingerprint density at radius 2 is 2.00 bits per heavy atom. The standard InChI is InChI=1S/C12H12Cl2N2O2S/c13-10-5-4-9(6-11(10)14)19(17,18)16-12-3-1-2-8(12)7-15/h4-6,8,12,16H,1-3H2. The van der Waals surface area contributed by atoms with Crippen LogP contribution in [0.1, 0.15) is 19.3 Å². The van der Waals surface area contributed by atoms with E-state index in [1.807, 2.05) is 0 Å². The van der Waals surface area contributed by atoms with Gasteiger partial charge in [-0.05, 0) is 31.0 Å². The molecule has 1 aromatic rings. The van der Waals surface area contributed by atoms with E-state index >= 15 is 0 Å². The summed E-state index contributed by atoms with van der Waals surface area (Å²) in [7, 11) is -3.67. The van der Waals surface area contributed by atoms with E-state index < -0.39 is 10.0 Å². The molecule has 2 rings (SSSR count). The van der Waals surface area contributed by atoms with Gasteiger partial charge in [0.25, 0.3) is 0 Å². The molecule has 0 heterocycles. The van der Waals surface area contributed by atoms with Gasteiger partial charge in [0.1, 0.15) is 0 Å². The van der Waals surface area contributed by atoms with Crippen molar-refractivity contribution in [3.05, 3.63) is 28.2 Å². The van der Waals surface area contributed by atoms with Crippen molar-refractivity contribution in [1.29, 1.82) is 5.26 Å². The molecule has 1 aromatic carbocycles. The van der Waals surface area contributed by atoms with Crippen LogP contribution in [0, 0.1) is 17.2 Å². The highest BCUT2D eigenvalue weighted by atomic mass is 35.5. The number of hydrogen-bond acceptors (Lipinski definition) is 3. The second-order valence-corrected chi connectivity index (χ2v) is 7.00. The number of rotatable bonds is 3. The molecule has 2 unspecified atom stereocenters. The topological polar surface area (TPSA) is 70.0 Å². The largest absolute Gasteiger partial charge is 0.240 e. The average molecular weight is 319 g/mol. The zero-order chi connectivity index (χ0) is 14.0. The Hall–Kier alpha value is -0.800. The molecule has 102 valence electrons. The zero-order valence-electron chi connectivity index (χ0n) is 9.94. The minimum absolute atomic E-state index is 0.0606. The van der Waals surface area contributed by atoms with Gasteiger partial charge in [-0.25, -0.2) is 13.1 Å². The summed E-state index contributed by atoms with van der Waals surface area (Å²) in [6.45, 7) is 0. The highest BCUT2D eigenvalue weighted by molar-refractivity contribution is 7.89. The molecule has 1 aliphatic rings. The lowest BCUT2D eigenvalue weighted by molar-refractivity contribution is 0.515. The molecule has 4 nitrogen and oxygen atoms in total. The fraction of sp³-hybridized carbons (Fsp3) is 0.417. The molecule has 7 heteroatoms. The predicted octanol–water partition coefficient (Wildman–Crippen LogP) is 2.96. The lowest BCUT2D eigenvalue weighted by atomic mass is 10.1. The maximum absolute atomic E-state index is 12.2. The molecule has 2 atom stereocenters. The fourth-order valence-electron chi connectivity index (χ4n) is 2.17. The number of sulfonamides is 1. The molecule has 0 bridgehead atoms. The highest BCUT2D eigenvalue weighted by Crippen LogP contribution is 2.28. The lowest BCUT2D eigenvalue weighted by Crippen LogP contribution is -2.36. The third-order valence-electron chi connectivity index (χ3n) is 3.19.